The Balaban J connectivity index is 1.43. The van der Waals surface area contributed by atoms with E-state index in [1.807, 2.05) is 12.1 Å². The van der Waals surface area contributed by atoms with Crippen LogP contribution in [0, 0.1) is 17.2 Å². The third-order valence-electron chi connectivity index (χ3n) is 8.55. The molecule has 5 rings (SSSR count). The van der Waals surface area contributed by atoms with E-state index in [2.05, 4.69) is 41.4 Å². The molecule has 9 nitrogen and oxygen atoms in total. The van der Waals surface area contributed by atoms with Gasteiger partial charge in [0.1, 0.15) is 5.82 Å². The molecule has 1 aromatic heterocycles. The van der Waals surface area contributed by atoms with Gasteiger partial charge in [-0.2, -0.15) is 15.2 Å². The van der Waals surface area contributed by atoms with Gasteiger partial charge in [-0.3, -0.25) is 4.79 Å². The number of rotatable bonds is 8. The molecule has 3 atom stereocenters. The number of fused-ring (bicyclic) bond motifs is 1. The Hall–Kier alpha value is -3.06. The second-order valence-electron chi connectivity index (χ2n) is 11.3. The van der Waals surface area contributed by atoms with E-state index in [4.69, 9.17) is 37.9 Å². The minimum atomic E-state index is -0.249. The number of halogens is 2. The smallest absolute Gasteiger partial charge is 0.318 e. The minimum Gasteiger partial charge on any atom is -0.463 e. The van der Waals surface area contributed by atoms with Gasteiger partial charge in [-0.1, -0.05) is 35.8 Å². The summed E-state index contributed by atoms with van der Waals surface area (Å²) in [6.07, 6.45) is 5.66. The summed E-state index contributed by atoms with van der Waals surface area (Å²) in [5.41, 5.74) is 2.84. The Morgan fingerprint density at radius 2 is 2.05 bits per heavy atom. The molecule has 1 saturated carbocycles. The van der Waals surface area contributed by atoms with Gasteiger partial charge in [0, 0.05) is 37.8 Å². The van der Waals surface area contributed by atoms with E-state index >= 15 is 0 Å². The first-order valence-electron chi connectivity index (χ1n) is 14.2. The van der Waals surface area contributed by atoms with Crippen molar-refractivity contribution < 1.29 is 9.53 Å². The number of nitriles is 1. The number of hydrogen-bond donors (Lipinski definition) is 0. The van der Waals surface area contributed by atoms with Crippen LogP contribution in [-0.2, 0) is 17.8 Å². The Labute approximate surface area is 252 Å². The summed E-state index contributed by atoms with van der Waals surface area (Å²) in [7, 11) is 4.26. The van der Waals surface area contributed by atoms with Gasteiger partial charge >= 0.3 is 6.01 Å². The number of piperazine rings is 1. The first-order chi connectivity index (χ1) is 19.8. The van der Waals surface area contributed by atoms with E-state index in [-0.39, 0.29) is 18.4 Å². The van der Waals surface area contributed by atoms with Crippen LogP contribution in [0.15, 0.2) is 30.9 Å². The molecule has 0 bridgehead atoms. The van der Waals surface area contributed by atoms with Crippen LogP contribution in [0.4, 0.5) is 11.5 Å². The van der Waals surface area contributed by atoms with Crippen LogP contribution in [0.5, 0.6) is 6.01 Å². The summed E-state index contributed by atoms with van der Waals surface area (Å²) in [5.74, 6) is 1.13. The second-order valence-corrected chi connectivity index (χ2v) is 12.1. The van der Waals surface area contributed by atoms with Gasteiger partial charge in [0.05, 0.1) is 53.1 Å². The highest BCUT2D eigenvalue weighted by Crippen LogP contribution is 2.37. The summed E-state index contributed by atoms with van der Waals surface area (Å²) in [5, 5.41) is 10.5. The molecule has 2 aromatic rings. The lowest BCUT2D eigenvalue weighted by atomic mass is 10.0. The number of carbonyl (C=O) groups excluding carboxylic acids is 1. The van der Waals surface area contributed by atoms with E-state index < -0.39 is 0 Å². The van der Waals surface area contributed by atoms with Crippen molar-refractivity contribution >= 4 is 40.6 Å². The maximum absolute atomic E-state index is 12.5. The van der Waals surface area contributed by atoms with Gasteiger partial charge in [-0.25, -0.2) is 0 Å². The zero-order valence-electron chi connectivity index (χ0n) is 23.7. The summed E-state index contributed by atoms with van der Waals surface area (Å²) in [4.78, 5) is 30.7. The van der Waals surface area contributed by atoms with Crippen LogP contribution in [-0.4, -0.2) is 84.6 Å². The highest BCUT2D eigenvalue weighted by Gasteiger charge is 2.34. The van der Waals surface area contributed by atoms with Gasteiger partial charge < -0.3 is 24.3 Å². The van der Waals surface area contributed by atoms with Crippen molar-refractivity contribution in [1.82, 2.24) is 19.8 Å². The zero-order chi connectivity index (χ0) is 29.1. The molecule has 0 N–H and O–H groups in total. The molecule has 218 valence electrons. The number of nitrogens with zero attached hydrogens (tertiary/aromatic N) is 7. The fraction of sp³-hybridized carbons (Fsp3) is 0.533. The number of hydrogen-bond acceptors (Lipinski definition) is 8. The highest BCUT2D eigenvalue weighted by atomic mass is 35.5. The van der Waals surface area contributed by atoms with E-state index in [0.717, 1.165) is 48.6 Å². The second kappa shape index (κ2) is 12.8. The average molecular weight is 599 g/mol. The van der Waals surface area contributed by atoms with E-state index in [1.54, 1.807) is 11.0 Å². The lowest BCUT2D eigenvalue weighted by Gasteiger charge is -2.42. The fourth-order valence-corrected chi connectivity index (χ4v) is 6.67. The molecule has 3 aliphatic rings. The van der Waals surface area contributed by atoms with Gasteiger partial charge in [0.25, 0.3) is 0 Å². The molecule has 41 heavy (non-hydrogen) atoms. The first kappa shape index (κ1) is 29.4. The summed E-state index contributed by atoms with van der Waals surface area (Å²) < 4.78 is 6.29. The molecule has 1 aromatic carbocycles. The lowest BCUT2D eigenvalue weighted by Crippen LogP contribution is -2.55. The monoisotopic (exact) mass is 597 g/mol. The van der Waals surface area contributed by atoms with Crippen molar-refractivity contribution in [3.05, 3.63) is 52.2 Å². The molecule has 1 aliphatic carbocycles. The number of ether oxygens (including phenoxy) is 1. The Kier molecular flexibility index (Phi) is 9.22. The van der Waals surface area contributed by atoms with Crippen LogP contribution in [0.25, 0.3) is 0 Å². The third-order valence-corrected chi connectivity index (χ3v) is 9.36. The van der Waals surface area contributed by atoms with E-state index in [0.29, 0.717) is 60.8 Å². The largest absolute Gasteiger partial charge is 0.463 e. The molecule has 3 heterocycles. The SMILES string of the molecule is C=CC(=O)N1CCN(c2nc(OC[C@@H]3CC[C@@H](N(C)C)C3)nc3c2CCN(c2cccc(Cl)c2Cl)C3)C[C@@H]1CC#N. The summed E-state index contributed by atoms with van der Waals surface area (Å²) in [6.45, 7) is 7.08. The fourth-order valence-electron chi connectivity index (χ4n) is 6.25. The van der Waals surface area contributed by atoms with Crippen molar-refractivity contribution in [1.29, 1.82) is 5.26 Å². The van der Waals surface area contributed by atoms with Crippen molar-refractivity contribution in [2.24, 2.45) is 5.92 Å². The predicted octanol–water partition coefficient (Wildman–Crippen LogP) is 4.57. The number of amides is 1. The zero-order valence-corrected chi connectivity index (χ0v) is 25.2. The average Bonchev–Trinajstić information content (AvgIpc) is 3.46. The maximum atomic E-state index is 12.5. The highest BCUT2D eigenvalue weighted by molar-refractivity contribution is 6.43. The standard InChI is InChI=1S/C30H37Cl2N7O2/c1-4-27(40)39-15-14-38(17-22(39)10-12-33)29-23-11-13-37(26-7-5-6-24(31)28(26)32)18-25(23)34-30(35-29)41-19-20-8-9-21(16-20)36(2)3/h4-7,20-22H,1,8-11,13-19H2,2-3H3/t20-,21-,22+/m1/s1. The van der Waals surface area contributed by atoms with E-state index in [9.17, 15) is 10.1 Å². The predicted molar refractivity (Wildman–Crippen MR) is 162 cm³/mol. The van der Waals surface area contributed by atoms with Crippen LogP contribution in [0.1, 0.15) is 36.9 Å². The Morgan fingerprint density at radius 3 is 2.78 bits per heavy atom. The van der Waals surface area contributed by atoms with Crippen LogP contribution in [0.3, 0.4) is 0 Å². The Morgan fingerprint density at radius 1 is 1.22 bits per heavy atom. The van der Waals surface area contributed by atoms with Crippen LogP contribution >= 0.6 is 23.2 Å². The third kappa shape index (κ3) is 6.40. The number of anilines is 2. The summed E-state index contributed by atoms with van der Waals surface area (Å²) >= 11 is 12.9. The normalized spacial score (nSPS) is 22.4. The Bertz CT molecular complexity index is 1330. The minimum absolute atomic E-state index is 0.153. The molecule has 1 amide bonds. The van der Waals surface area contributed by atoms with Crippen LogP contribution in [0.2, 0.25) is 10.0 Å². The topological polar surface area (TPSA) is 88.8 Å². The quantitative estimate of drug-likeness (QED) is 0.409. The molecule has 11 heteroatoms. The lowest BCUT2D eigenvalue weighted by molar-refractivity contribution is -0.128. The van der Waals surface area contributed by atoms with Crippen molar-refractivity contribution in [2.75, 3.05) is 56.7 Å². The number of aromatic nitrogens is 2. The molecule has 2 aliphatic heterocycles. The van der Waals surface area contributed by atoms with Crippen molar-refractivity contribution in [2.45, 2.75) is 50.7 Å². The molecule has 1 saturated heterocycles. The molecular formula is C30H37Cl2N7O2. The van der Waals surface area contributed by atoms with Crippen LogP contribution < -0.4 is 14.5 Å². The van der Waals surface area contributed by atoms with Crippen molar-refractivity contribution in [3.63, 3.8) is 0 Å². The van der Waals surface area contributed by atoms with Gasteiger partial charge in [-0.05, 0) is 63.9 Å². The molecule has 0 radical (unpaired) electrons. The molecular weight excluding hydrogens is 561 g/mol. The number of benzene rings is 1. The maximum Gasteiger partial charge on any atom is 0.318 e. The first-order valence-corrected chi connectivity index (χ1v) is 15.0. The molecule has 0 spiro atoms. The molecule has 2 fully saturated rings. The van der Waals surface area contributed by atoms with E-state index in [1.165, 1.54) is 12.5 Å². The van der Waals surface area contributed by atoms with Gasteiger partial charge in [0.15, 0.2) is 0 Å². The summed E-state index contributed by atoms with van der Waals surface area (Å²) in [6, 6.07) is 8.60. The molecule has 0 unspecified atom stereocenters. The van der Waals surface area contributed by atoms with Gasteiger partial charge in [-0.15, -0.1) is 0 Å². The number of carbonyl (C=O) groups is 1. The van der Waals surface area contributed by atoms with Gasteiger partial charge in [0.2, 0.25) is 5.91 Å². The van der Waals surface area contributed by atoms with Crippen molar-refractivity contribution in [3.8, 4) is 12.1 Å².